The van der Waals surface area contributed by atoms with Gasteiger partial charge < -0.3 is 20.2 Å². The van der Waals surface area contributed by atoms with Crippen molar-refractivity contribution in [3.05, 3.63) is 29.3 Å². The molecule has 0 saturated carbocycles. The maximum atomic E-state index is 13.2. The van der Waals surface area contributed by atoms with Crippen molar-refractivity contribution in [2.45, 2.75) is 24.6 Å². The highest BCUT2D eigenvalue weighted by Gasteiger charge is 2.57. The smallest absolute Gasteiger partial charge is 0.396 e. The van der Waals surface area contributed by atoms with Gasteiger partial charge in [-0.1, -0.05) is 0 Å². The van der Waals surface area contributed by atoms with Crippen LogP contribution in [0.5, 0.6) is 0 Å². The lowest BCUT2D eigenvalue weighted by Gasteiger charge is -2.31. The maximum Gasteiger partial charge on any atom is 0.417 e. The van der Waals surface area contributed by atoms with Gasteiger partial charge in [-0.15, -0.1) is 0 Å². The molecule has 0 spiro atoms. The van der Waals surface area contributed by atoms with Crippen molar-refractivity contribution in [2.75, 3.05) is 31.3 Å². The predicted molar refractivity (Wildman–Crippen MR) is 89.0 cm³/mol. The molecular weight excluding hydrogens is 383 g/mol. The Labute approximate surface area is 158 Å². The van der Waals surface area contributed by atoms with Gasteiger partial charge in [-0.05, 0) is 31.0 Å². The molecule has 8 nitrogen and oxygen atoms in total. The molecule has 3 N–H and O–H groups in total. The number of aliphatic hydroxyl groups excluding tert-OH is 3. The minimum Gasteiger partial charge on any atom is -0.396 e. The number of hydrogen-bond donors (Lipinski definition) is 3. The van der Waals surface area contributed by atoms with Crippen LogP contribution in [0.2, 0.25) is 0 Å². The van der Waals surface area contributed by atoms with E-state index in [9.17, 15) is 33.0 Å². The van der Waals surface area contributed by atoms with E-state index in [4.69, 9.17) is 10.4 Å². The van der Waals surface area contributed by atoms with E-state index < -0.39 is 53.7 Å². The predicted octanol–water partition coefficient (Wildman–Crippen LogP) is 0.842. The molecule has 11 heteroatoms. The number of carbonyl (C=O) groups is 2. The van der Waals surface area contributed by atoms with Crippen LogP contribution in [0.4, 0.5) is 23.7 Å². The summed E-state index contributed by atoms with van der Waals surface area (Å²) in [5, 5.41) is 37.1. The molecule has 3 amide bonds. The summed E-state index contributed by atoms with van der Waals surface area (Å²) in [7, 11) is 0. The zero-order valence-corrected chi connectivity index (χ0v) is 14.6. The summed E-state index contributed by atoms with van der Waals surface area (Å²) < 4.78 is 39.6. The monoisotopic (exact) mass is 401 g/mol. The molecule has 2 rings (SSSR count). The van der Waals surface area contributed by atoms with Crippen LogP contribution in [0.25, 0.3) is 0 Å². The lowest BCUT2D eigenvalue weighted by molar-refractivity contribution is -0.138. The average molecular weight is 401 g/mol. The fraction of sp³-hybridized carbons (Fsp3) is 0.471. The number of nitriles is 1. The first-order valence-corrected chi connectivity index (χ1v) is 8.28. The zero-order valence-electron chi connectivity index (χ0n) is 14.6. The van der Waals surface area contributed by atoms with E-state index >= 15 is 0 Å². The second kappa shape index (κ2) is 8.14. The quantitative estimate of drug-likeness (QED) is 0.459. The third kappa shape index (κ3) is 3.54. The zero-order chi connectivity index (χ0) is 21.1. The van der Waals surface area contributed by atoms with Gasteiger partial charge >= 0.3 is 12.2 Å². The number of carbonyl (C=O) groups excluding carboxylic acids is 2. The van der Waals surface area contributed by atoms with Gasteiger partial charge in [-0.25, -0.2) is 9.69 Å². The molecule has 1 fully saturated rings. The van der Waals surface area contributed by atoms with Crippen LogP contribution in [-0.2, 0) is 11.0 Å². The largest absolute Gasteiger partial charge is 0.417 e. The molecule has 0 aliphatic carbocycles. The molecule has 1 aromatic carbocycles. The molecule has 1 saturated heterocycles. The molecule has 152 valence electrons. The molecule has 0 bridgehead atoms. The van der Waals surface area contributed by atoms with E-state index in [-0.39, 0.29) is 26.0 Å². The number of imide groups is 1. The minimum atomic E-state index is -4.89. The Morgan fingerprint density at radius 2 is 1.75 bits per heavy atom. The Balaban J connectivity index is 2.53. The number of hydrogen-bond acceptors (Lipinski definition) is 6. The Morgan fingerprint density at radius 3 is 2.25 bits per heavy atom. The number of rotatable bonds is 7. The first-order valence-electron chi connectivity index (χ1n) is 8.28. The number of nitrogens with zero attached hydrogens (tertiary/aromatic N) is 3. The van der Waals surface area contributed by atoms with Gasteiger partial charge in [0.05, 0.1) is 36.1 Å². The average Bonchev–Trinajstić information content (AvgIpc) is 2.87. The summed E-state index contributed by atoms with van der Waals surface area (Å²) in [5.41, 5.74) is -4.45. The molecule has 0 unspecified atom stereocenters. The Morgan fingerprint density at radius 1 is 1.11 bits per heavy atom. The fourth-order valence-corrected chi connectivity index (χ4v) is 2.99. The summed E-state index contributed by atoms with van der Waals surface area (Å²) in [6, 6.07) is 2.75. The van der Waals surface area contributed by atoms with Crippen molar-refractivity contribution >= 4 is 17.6 Å². The first-order chi connectivity index (χ1) is 13.2. The lowest BCUT2D eigenvalue weighted by atomic mass is 9.99. The third-order valence-electron chi connectivity index (χ3n) is 4.54. The molecular formula is C17H18F3N3O5. The van der Waals surface area contributed by atoms with Crippen molar-refractivity contribution in [3.8, 4) is 6.07 Å². The van der Waals surface area contributed by atoms with Gasteiger partial charge in [-0.2, -0.15) is 18.4 Å². The Hall–Kier alpha value is -2.68. The Kier molecular flexibility index (Phi) is 6.28. The van der Waals surface area contributed by atoms with Gasteiger partial charge in [0, 0.05) is 13.2 Å². The lowest BCUT2D eigenvalue weighted by Crippen LogP contribution is -2.56. The number of aliphatic hydroxyl groups is 3. The van der Waals surface area contributed by atoms with Gasteiger partial charge in [0.15, 0.2) is 5.54 Å². The molecule has 1 aliphatic rings. The third-order valence-corrected chi connectivity index (χ3v) is 4.54. The summed E-state index contributed by atoms with van der Waals surface area (Å²) in [5.74, 6) is -1.08. The fourth-order valence-electron chi connectivity index (χ4n) is 2.99. The van der Waals surface area contributed by atoms with Crippen molar-refractivity contribution in [3.63, 3.8) is 0 Å². The summed E-state index contributed by atoms with van der Waals surface area (Å²) in [6.07, 6.45) is -4.37. The van der Waals surface area contributed by atoms with E-state index in [1.807, 2.05) is 0 Å². The molecule has 1 heterocycles. The normalized spacial score (nSPS) is 16.6. The van der Waals surface area contributed by atoms with Crippen LogP contribution in [0.1, 0.15) is 24.0 Å². The van der Waals surface area contributed by atoms with Crippen molar-refractivity contribution in [1.29, 1.82) is 5.26 Å². The van der Waals surface area contributed by atoms with Crippen LogP contribution in [0.3, 0.4) is 0 Å². The van der Waals surface area contributed by atoms with Crippen LogP contribution in [0.15, 0.2) is 18.2 Å². The highest BCUT2D eigenvalue weighted by atomic mass is 19.4. The number of amides is 3. The number of alkyl halides is 3. The molecule has 0 atom stereocenters. The molecule has 28 heavy (non-hydrogen) atoms. The first kappa shape index (κ1) is 21.6. The van der Waals surface area contributed by atoms with Gasteiger partial charge in [-0.3, -0.25) is 4.79 Å². The van der Waals surface area contributed by atoms with Crippen molar-refractivity contribution < 1.29 is 38.1 Å². The van der Waals surface area contributed by atoms with E-state index in [0.717, 1.165) is 17.0 Å². The minimum absolute atomic E-state index is 0.106. The Bertz CT molecular complexity index is 802. The van der Waals surface area contributed by atoms with E-state index in [0.29, 0.717) is 11.0 Å². The molecule has 1 aromatic rings. The van der Waals surface area contributed by atoms with Gasteiger partial charge in [0.25, 0.3) is 5.91 Å². The number of benzene rings is 1. The van der Waals surface area contributed by atoms with Gasteiger partial charge in [0.1, 0.15) is 0 Å². The van der Waals surface area contributed by atoms with Crippen molar-refractivity contribution in [1.82, 2.24) is 4.90 Å². The summed E-state index contributed by atoms with van der Waals surface area (Å²) >= 11 is 0. The van der Waals surface area contributed by atoms with Gasteiger partial charge in [0.2, 0.25) is 0 Å². The second-order valence-corrected chi connectivity index (χ2v) is 6.19. The highest BCUT2D eigenvalue weighted by molar-refractivity contribution is 6.23. The molecule has 1 aliphatic heterocycles. The summed E-state index contributed by atoms with van der Waals surface area (Å²) in [6.45, 7) is -2.17. The second-order valence-electron chi connectivity index (χ2n) is 6.19. The number of urea groups is 1. The topological polar surface area (TPSA) is 125 Å². The van der Waals surface area contributed by atoms with Crippen molar-refractivity contribution in [2.24, 2.45) is 0 Å². The standard InChI is InChI=1S/C17H18F3N3O5/c18-17(19,20)13-7-12(4-3-11(13)8-21)23-14(27)16(9-25,10-26)22(15(23)28)5-1-2-6-24/h3-4,7,24-26H,1-2,5-6,9-10H2. The van der Waals surface area contributed by atoms with Crippen LogP contribution < -0.4 is 4.90 Å². The SMILES string of the molecule is N#Cc1ccc(N2C(=O)N(CCCCO)C(CO)(CO)C2=O)cc1C(F)(F)F. The number of unbranched alkanes of at least 4 members (excludes halogenated alkanes) is 1. The van der Waals surface area contributed by atoms with Crippen LogP contribution in [0, 0.1) is 11.3 Å². The number of halogens is 3. The van der Waals surface area contributed by atoms with Crippen LogP contribution in [-0.4, -0.2) is 64.1 Å². The number of anilines is 1. The summed E-state index contributed by atoms with van der Waals surface area (Å²) in [4.78, 5) is 26.9. The maximum absolute atomic E-state index is 13.2. The van der Waals surface area contributed by atoms with E-state index in [1.165, 1.54) is 6.07 Å². The highest BCUT2D eigenvalue weighted by Crippen LogP contribution is 2.37. The van der Waals surface area contributed by atoms with Crippen LogP contribution >= 0.6 is 0 Å². The van der Waals surface area contributed by atoms with E-state index in [2.05, 4.69) is 0 Å². The molecule has 0 radical (unpaired) electrons. The van der Waals surface area contributed by atoms with E-state index in [1.54, 1.807) is 0 Å². The molecule has 0 aromatic heterocycles.